The molecule has 0 radical (unpaired) electrons. The molecular formula is C58H91N5O14. The minimum atomic E-state index is -2.45. The highest BCUT2D eigenvalue weighted by atomic mass is 16.6. The summed E-state index contributed by atoms with van der Waals surface area (Å²) >= 11 is 0. The number of esters is 1. The molecule has 3 aliphatic heterocycles. The van der Waals surface area contributed by atoms with E-state index in [0.717, 1.165) is 12.0 Å². The van der Waals surface area contributed by atoms with Crippen molar-refractivity contribution >= 4 is 29.2 Å². The lowest BCUT2D eigenvalue weighted by Gasteiger charge is -2.42. The molecule has 0 spiro atoms. The maximum atomic E-state index is 14.6. The van der Waals surface area contributed by atoms with E-state index in [1.807, 2.05) is 73.9 Å². The number of carbonyl (C=O) groups excluding carboxylic acids is 5. The van der Waals surface area contributed by atoms with Crippen LogP contribution in [0.2, 0.25) is 0 Å². The lowest BCUT2D eigenvalue weighted by atomic mass is 9.77. The average molecular weight is 1080 g/mol. The SMILES string of the molecule is CO[C@H]1C[C@@H]2CC[C@@H](C)[C@@](O)(O2)C(=O)C(=O)N2CCCC[C@H]2C(=O)O[C@H]([C@H](C)C[C@@H]2CC[C@H](n3cc(CN(CCO)CCO)nn3)[C@H](OC)C2)CC(=O)[C@H](C)/C=C(\C)[C@@H](O)[C@@H](OC)C(=O)[C@H](C)C[C@H](C)/C=C/C=CC=C1C. The fraction of sp³-hybridized carbons (Fsp3) is 0.741. The van der Waals surface area contributed by atoms with Crippen LogP contribution in [0.4, 0.5) is 0 Å². The predicted octanol–water partition coefficient (Wildman–Crippen LogP) is 5.44. The van der Waals surface area contributed by atoms with E-state index in [1.165, 1.54) is 12.0 Å². The number of amides is 1. The summed E-state index contributed by atoms with van der Waals surface area (Å²) in [6.45, 7) is 13.8. The number of methoxy groups -OCH3 is 3. The molecule has 4 aliphatic rings. The Labute approximate surface area is 456 Å². The van der Waals surface area contributed by atoms with E-state index in [9.17, 15) is 44.4 Å². The summed E-state index contributed by atoms with van der Waals surface area (Å²) in [6.07, 6.45) is 13.7. The smallest absolute Gasteiger partial charge is 0.329 e. The van der Waals surface area contributed by atoms with Crippen molar-refractivity contribution < 1.29 is 68.1 Å². The van der Waals surface area contributed by atoms with Crippen molar-refractivity contribution in [1.82, 2.24) is 24.8 Å². The van der Waals surface area contributed by atoms with Crippen molar-refractivity contribution in [3.05, 3.63) is 59.5 Å². The molecule has 15 atom stereocenters. The number of cyclic esters (lactones) is 1. The molecule has 77 heavy (non-hydrogen) atoms. The predicted molar refractivity (Wildman–Crippen MR) is 288 cm³/mol. The molecule has 19 nitrogen and oxygen atoms in total. The van der Waals surface area contributed by atoms with E-state index in [4.69, 9.17) is 23.7 Å². The van der Waals surface area contributed by atoms with E-state index in [2.05, 4.69) is 10.3 Å². The maximum Gasteiger partial charge on any atom is 0.329 e. The second-order valence-electron chi connectivity index (χ2n) is 22.5. The lowest BCUT2D eigenvalue weighted by Crippen LogP contribution is -2.61. The second kappa shape index (κ2) is 30.3. The van der Waals surface area contributed by atoms with Crippen LogP contribution < -0.4 is 0 Å². The van der Waals surface area contributed by atoms with E-state index in [0.29, 0.717) is 88.7 Å². The average Bonchev–Trinajstić information content (AvgIpc) is 3.88. The summed E-state index contributed by atoms with van der Waals surface area (Å²) in [7, 11) is 4.61. The zero-order valence-electron chi connectivity index (χ0n) is 47.5. The van der Waals surface area contributed by atoms with E-state index >= 15 is 0 Å². The Kier molecular flexibility index (Phi) is 25.0. The quantitative estimate of drug-likeness (QED) is 0.109. The van der Waals surface area contributed by atoms with Crippen LogP contribution in [-0.4, -0.2) is 177 Å². The molecule has 0 aromatic carbocycles. The van der Waals surface area contributed by atoms with Crippen LogP contribution in [-0.2, 0) is 54.2 Å². The van der Waals surface area contributed by atoms with Gasteiger partial charge in [0.1, 0.15) is 30.1 Å². The Balaban J connectivity index is 1.44. The summed E-state index contributed by atoms with van der Waals surface area (Å²) in [5, 5.41) is 51.4. The molecule has 4 N–H and O–H groups in total. The van der Waals surface area contributed by atoms with Crippen LogP contribution >= 0.6 is 0 Å². The summed E-state index contributed by atoms with van der Waals surface area (Å²) in [6, 6.07) is -1.29. The van der Waals surface area contributed by atoms with Crippen LogP contribution in [0.3, 0.4) is 0 Å². The number of piperidine rings is 1. The van der Waals surface area contributed by atoms with Crippen LogP contribution in [0.5, 0.6) is 0 Å². The Morgan fingerprint density at radius 2 is 1.60 bits per heavy atom. The van der Waals surface area contributed by atoms with E-state index in [-0.39, 0.29) is 74.1 Å². The molecule has 1 saturated carbocycles. The number of rotatable bonds is 13. The van der Waals surface area contributed by atoms with Gasteiger partial charge >= 0.3 is 5.97 Å². The van der Waals surface area contributed by atoms with Gasteiger partial charge in [-0.1, -0.05) is 76.3 Å². The van der Waals surface area contributed by atoms with Gasteiger partial charge in [0, 0.05) is 78.1 Å². The Hall–Kier alpha value is -4.31. The molecule has 2 saturated heterocycles. The van der Waals surface area contributed by atoms with Gasteiger partial charge in [-0.15, -0.1) is 5.10 Å². The van der Waals surface area contributed by atoms with Crippen molar-refractivity contribution in [1.29, 1.82) is 0 Å². The minimum Gasteiger partial charge on any atom is -0.460 e. The first-order valence-corrected chi connectivity index (χ1v) is 28.0. The standard InChI is InChI=1S/C58H91N5O14/c1-36-16-12-11-13-17-37(2)49(73-8)32-45-21-19-42(7)58(72,77-45)55(69)56(70)62-23-15-14-18-47(62)57(71)76-50(33-48(66)38(3)29-41(6)53(68)54(75-10)52(67)40(5)28-36)39(4)30-43-20-22-46(51(31-43)74-9)63-35-44(59-60-63)34-61(24-26-64)25-27-65/h11-13,16-17,29,35-36,38-40,42-43,45-47,49-51,53-54,64-65,68,72H,14-15,18-28,30-34H2,1-10H3/b13-11?,16-12+,37-17?,41-29+/t36-,38-,39-,40-,42-,43+,45+,46+,47+,49+,50+,51-,53-,54+,58-/m1/s1. The third-order valence-corrected chi connectivity index (χ3v) is 16.6. The van der Waals surface area contributed by atoms with Gasteiger partial charge in [0.15, 0.2) is 5.78 Å². The van der Waals surface area contributed by atoms with E-state index < -0.39 is 77.8 Å². The highest BCUT2D eigenvalue weighted by Gasteiger charge is 2.53. The number of hydrogen-bond acceptors (Lipinski definition) is 17. The molecule has 1 aromatic rings. The normalized spacial score (nSPS) is 35.0. The first-order chi connectivity index (χ1) is 36.7. The fourth-order valence-corrected chi connectivity index (χ4v) is 11.7. The highest BCUT2D eigenvalue weighted by molar-refractivity contribution is 6.39. The Morgan fingerprint density at radius 3 is 2.27 bits per heavy atom. The summed E-state index contributed by atoms with van der Waals surface area (Å²) in [5.41, 5.74) is 1.94. The van der Waals surface area contributed by atoms with Gasteiger partial charge in [-0.2, -0.15) is 0 Å². The van der Waals surface area contributed by atoms with Crippen LogP contribution in [0, 0.1) is 35.5 Å². The van der Waals surface area contributed by atoms with Gasteiger partial charge < -0.3 is 49.0 Å². The molecule has 5 rings (SSSR count). The zero-order valence-corrected chi connectivity index (χ0v) is 47.5. The number of ketones is 3. The molecule has 2 bridgehead atoms. The van der Waals surface area contributed by atoms with Crippen molar-refractivity contribution in [3.8, 4) is 0 Å². The maximum absolute atomic E-state index is 14.6. The fourth-order valence-electron chi connectivity index (χ4n) is 11.7. The Bertz CT molecular complexity index is 2220. The first kappa shape index (κ1) is 63.5. The topological polar surface area (TPSA) is 250 Å². The number of nitrogens with zero attached hydrogens (tertiary/aromatic N) is 5. The van der Waals surface area contributed by atoms with Gasteiger partial charge in [0.25, 0.3) is 11.7 Å². The summed E-state index contributed by atoms with van der Waals surface area (Å²) < 4.78 is 31.9. The Morgan fingerprint density at radius 1 is 0.870 bits per heavy atom. The van der Waals surface area contributed by atoms with Crippen molar-refractivity contribution in [2.75, 3.05) is 54.2 Å². The first-order valence-electron chi connectivity index (χ1n) is 28.0. The van der Waals surface area contributed by atoms with Crippen LogP contribution in [0.25, 0.3) is 0 Å². The number of fused-ring (bicyclic) bond motifs is 3. The number of aliphatic hydroxyl groups excluding tert-OH is 3. The van der Waals surface area contributed by atoms with Crippen molar-refractivity contribution in [3.63, 3.8) is 0 Å². The van der Waals surface area contributed by atoms with Gasteiger partial charge in [-0.25, -0.2) is 9.48 Å². The molecule has 1 aromatic heterocycles. The summed E-state index contributed by atoms with van der Waals surface area (Å²) in [4.78, 5) is 74.8. The summed E-state index contributed by atoms with van der Waals surface area (Å²) in [5.74, 6) is -8.19. The molecule has 432 valence electrons. The lowest BCUT2D eigenvalue weighted by molar-refractivity contribution is -0.265. The number of hydrogen-bond donors (Lipinski definition) is 4. The molecule has 3 fully saturated rings. The number of Topliss-reactive ketones (excluding diaryl/α,β-unsaturated/α-hetero) is 3. The largest absolute Gasteiger partial charge is 0.460 e. The number of aromatic nitrogens is 3. The number of aliphatic hydroxyl groups is 4. The van der Waals surface area contributed by atoms with E-state index in [1.54, 1.807) is 41.1 Å². The molecule has 4 heterocycles. The van der Waals surface area contributed by atoms with Gasteiger partial charge in [0.05, 0.1) is 49.5 Å². The monoisotopic (exact) mass is 1080 g/mol. The second-order valence-corrected chi connectivity index (χ2v) is 22.5. The van der Waals surface area contributed by atoms with Crippen molar-refractivity contribution in [2.24, 2.45) is 35.5 Å². The molecule has 1 amide bonds. The molecule has 0 unspecified atom stereocenters. The molecule has 1 aliphatic carbocycles. The van der Waals surface area contributed by atoms with Crippen molar-refractivity contribution in [2.45, 2.75) is 187 Å². The third-order valence-electron chi connectivity index (χ3n) is 16.6. The number of ether oxygens (including phenoxy) is 5. The number of carbonyl (C=O) groups is 5. The van der Waals surface area contributed by atoms with Crippen LogP contribution in [0.15, 0.2) is 53.8 Å². The molecule has 19 heteroatoms. The van der Waals surface area contributed by atoms with Gasteiger partial charge in [-0.05, 0) is 107 Å². The van der Waals surface area contributed by atoms with Gasteiger partial charge in [-0.3, -0.25) is 24.1 Å². The molecular weight excluding hydrogens is 991 g/mol. The number of allylic oxidation sites excluding steroid dienone is 6. The van der Waals surface area contributed by atoms with Crippen LogP contribution in [0.1, 0.15) is 137 Å². The highest BCUT2D eigenvalue weighted by Crippen LogP contribution is 2.40. The third kappa shape index (κ3) is 17.1. The zero-order chi connectivity index (χ0) is 56.6. The minimum absolute atomic E-state index is 0.00350. The van der Waals surface area contributed by atoms with Gasteiger partial charge in [0.2, 0.25) is 5.79 Å².